The lowest BCUT2D eigenvalue weighted by molar-refractivity contribution is 0.0971. The third-order valence-electron chi connectivity index (χ3n) is 5.32. The van der Waals surface area contributed by atoms with Crippen LogP contribution in [0.2, 0.25) is 0 Å². The van der Waals surface area contributed by atoms with Crippen LogP contribution in [0.15, 0.2) is 36.4 Å². The number of rotatable bonds is 4. The third kappa shape index (κ3) is 3.23. The second-order valence-corrected chi connectivity index (χ2v) is 6.98. The first-order valence-electron chi connectivity index (χ1n) is 9.32. The third-order valence-corrected chi connectivity index (χ3v) is 5.32. The Bertz CT molecular complexity index is 781. The van der Waals surface area contributed by atoms with E-state index < -0.39 is 0 Å². The number of aromatic nitrogens is 1. The van der Waals surface area contributed by atoms with Crippen molar-refractivity contribution >= 4 is 17.2 Å². The van der Waals surface area contributed by atoms with Gasteiger partial charge in [0.15, 0.2) is 0 Å². The molecular weight excluding hydrogens is 326 g/mol. The van der Waals surface area contributed by atoms with Crippen molar-refractivity contribution in [3.63, 3.8) is 0 Å². The number of piperazine rings is 1. The van der Waals surface area contributed by atoms with Crippen LogP contribution < -0.4 is 15.5 Å². The molecule has 1 aromatic heterocycles. The van der Waals surface area contributed by atoms with Crippen LogP contribution in [0, 0.1) is 11.3 Å². The van der Waals surface area contributed by atoms with Gasteiger partial charge in [-0.1, -0.05) is 18.2 Å². The molecule has 0 spiro atoms. The fourth-order valence-electron chi connectivity index (χ4n) is 4.00. The van der Waals surface area contributed by atoms with Gasteiger partial charge in [0.25, 0.3) is 0 Å². The Morgan fingerprint density at radius 1 is 1.12 bits per heavy atom. The van der Waals surface area contributed by atoms with Crippen LogP contribution in [0.4, 0.5) is 17.2 Å². The van der Waals surface area contributed by atoms with Crippen molar-refractivity contribution in [2.75, 3.05) is 48.3 Å². The van der Waals surface area contributed by atoms with Crippen LogP contribution in [-0.4, -0.2) is 43.5 Å². The number of benzene rings is 1. The van der Waals surface area contributed by atoms with Crippen molar-refractivity contribution in [1.82, 2.24) is 4.57 Å². The van der Waals surface area contributed by atoms with E-state index in [1.807, 2.05) is 6.07 Å². The first kappa shape index (κ1) is 16.8. The molecule has 136 valence electrons. The molecule has 3 heterocycles. The summed E-state index contributed by atoms with van der Waals surface area (Å²) < 4.78 is 7.84. The summed E-state index contributed by atoms with van der Waals surface area (Å²) in [7, 11) is 0. The molecule has 26 heavy (non-hydrogen) atoms. The lowest BCUT2D eigenvalue weighted by Crippen LogP contribution is -2.47. The number of nitrogens with zero attached hydrogens (tertiary/aromatic N) is 4. The second-order valence-electron chi connectivity index (χ2n) is 6.98. The minimum absolute atomic E-state index is 0.179. The molecule has 0 saturated carbocycles. The highest BCUT2D eigenvalue weighted by atomic mass is 16.5. The molecule has 1 aromatic carbocycles. The van der Waals surface area contributed by atoms with E-state index in [0.717, 1.165) is 51.4 Å². The SMILES string of the molecule is N#Cc1cc(N)c(N2CCN(c3ccccc3)CC2)n1C[C@H]1CCCO1. The molecule has 2 aliphatic heterocycles. The van der Waals surface area contributed by atoms with E-state index in [2.05, 4.69) is 44.7 Å². The highest BCUT2D eigenvalue weighted by Crippen LogP contribution is 2.31. The summed E-state index contributed by atoms with van der Waals surface area (Å²) in [6.07, 6.45) is 2.32. The molecule has 0 radical (unpaired) electrons. The van der Waals surface area contributed by atoms with E-state index in [9.17, 15) is 5.26 Å². The van der Waals surface area contributed by atoms with Crippen LogP contribution in [0.3, 0.4) is 0 Å². The Labute approximate surface area is 154 Å². The zero-order valence-corrected chi connectivity index (χ0v) is 15.0. The van der Waals surface area contributed by atoms with Gasteiger partial charge in [-0.05, 0) is 31.0 Å². The Morgan fingerprint density at radius 2 is 1.85 bits per heavy atom. The van der Waals surface area contributed by atoms with Crippen LogP contribution in [0.25, 0.3) is 0 Å². The highest BCUT2D eigenvalue weighted by Gasteiger charge is 2.26. The topological polar surface area (TPSA) is 70.5 Å². The van der Waals surface area contributed by atoms with Crippen molar-refractivity contribution in [3.05, 3.63) is 42.1 Å². The summed E-state index contributed by atoms with van der Waals surface area (Å²) in [6, 6.07) is 14.6. The van der Waals surface area contributed by atoms with Gasteiger partial charge in [-0.15, -0.1) is 0 Å². The number of hydrogen-bond donors (Lipinski definition) is 1. The van der Waals surface area contributed by atoms with Crippen LogP contribution in [0.1, 0.15) is 18.5 Å². The number of anilines is 3. The molecule has 0 unspecified atom stereocenters. The van der Waals surface area contributed by atoms with Crippen molar-refractivity contribution in [1.29, 1.82) is 5.26 Å². The Balaban J connectivity index is 1.52. The first-order valence-corrected chi connectivity index (χ1v) is 9.32. The van der Waals surface area contributed by atoms with Gasteiger partial charge in [-0.3, -0.25) is 0 Å². The normalized spacial score (nSPS) is 20.3. The summed E-state index contributed by atoms with van der Waals surface area (Å²) in [5.41, 5.74) is 8.87. The standard InChI is InChI=1S/C20H25N5O/c21-14-17-13-19(22)20(25(17)15-18-7-4-12-26-18)24-10-8-23(9-11-24)16-5-2-1-3-6-16/h1-3,5-6,13,18H,4,7-12,15,22H2/t18-/m1/s1. The smallest absolute Gasteiger partial charge is 0.133 e. The monoisotopic (exact) mass is 351 g/mol. The molecule has 2 aliphatic rings. The van der Waals surface area contributed by atoms with E-state index in [1.165, 1.54) is 5.69 Å². The zero-order valence-electron chi connectivity index (χ0n) is 15.0. The van der Waals surface area contributed by atoms with Crippen molar-refractivity contribution in [2.24, 2.45) is 0 Å². The number of hydrogen-bond acceptors (Lipinski definition) is 5. The van der Waals surface area contributed by atoms with E-state index in [-0.39, 0.29) is 6.10 Å². The number of para-hydroxylation sites is 1. The minimum Gasteiger partial charge on any atom is -0.396 e. The second kappa shape index (κ2) is 7.30. The lowest BCUT2D eigenvalue weighted by atomic mass is 10.2. The number of nitrogen functional groups attached to an aromatic ring is 1. The van der Waals surface area contributed by atoms with Gasteiger partial charge in [0.05, 0.1) is 18.3 Å². The number of ether oxygens (including phenoxy) is 1. The Hall–Kier alpha value is -2.65. The first-order chi connectivity index (χ1) is 12.8. The van der Waals surface area contributed by atoms with Gasteiger partial charge in [-0.25, -0.2) is 0 Å². The molecule has 4 rings (SSSR count). The van der Waals surface area contributed by atoms with E-state index in [0.29, 0.717) is 17.9 Å². The summed E-state index contributed by atoms with van der Waals surface area (Å²) >= 11 is 0. The average Bonchev–Trinajstić information content (AvgIpc) is 3.30. The van der Waals surface area contributed by atoms with Gasteiger partial charge in [-0.2, -0.15) is 5.26 Å². The van der Waals surface area contributed by atoms with E-state index in [1.54, 1.807) is 6.07 Å². The van der Waals surface area contributed by atoms with Gasteiger partial charge < -0.3 is 24.8 Å². The molecule has 2 fully saturated rings. The molecule has 0 bridgehead atoms. The summed E-state index contributed by atoms with van der Waals surface area (Å²) in [4.78, 5) is 4.70. The van der Waals surface area contributed by atoms with Crippen LogP contribution in [0.5, 0.6) is 0 Å². The predicted molar refractivity (Wildman–Crippen MR) is 103 cm³/mol. The maximum atomic E-state index is 9.53. The Morgan fingerprint density at radius 3 is 2.50 bits per heavy atom. The molecule has 0 aliphatic carbocycles. The summed E-state index contributed by atoms with van der Waals surface area (Å²) in [6.45, 7) is 5.18. The van der Waals surface area contributed by atoms with Crippen LogP contribution in [-0.2, 0) is 11.3 Å². The van der Waals surface area contributed by atoms with Crippen LogP contribution >= 0.6 is 0 Å². The molecule has 6 heteroatoms. The van der Waals surface area contributed by atoms with Gasteiger partial charge in [0.1, 0.15) is 17.6 Å². The number of nitriles is 1. The number of nitrogens with two attached hydrogens (primary N) is 1. The fourth-order valence-corrected chi connectivity index (χ4v) is 4.00. The molecule has 2 aromatic rings. The van der Waals surface area contributed by atoms with Crippen molar-refractivity contribution in [3.8, 4) is 6.07 Å². The Kier molecular flexibility index (Phi) is 4.72. The van der Waals surface area contributed by atoms with E-state index >= 15 is 0 Å². The summed E-state index contributed by atoms with van der Waals surface area (Å²) in [5, 5.41) is 9.53. The van der Waals surface area contributed by atoms with Crippen molar-refractivity contribution < 1.29 is 4.74 Å². The van der Waals surface area contributed by atoms with Crippen molar-refractivity contribution in [2.45, 2.75) is 25.5 Å². The summed E-state index contributed by atoms with van der Waals surface area (Å²) in [5.74, 6) is 0.977. The predicted octanol–water partition coefficient (Wildman–Crippen LogP) is 2.45. The van der Waals surface area contributed by atoms with Gasteiger partial charge >= 0.3 is 0 Å². The zero-order chi connectivity index (χ0) is 17.9. The average molecular weight is 351 g/mol. The molecule has 2 saturated heterocycles. The minimum atomic E-state index is 0.179. The lowest BCUT2D eigenvalue weighted by Gasteiger charge is -2.38. The van der Waals surface area contributed by atoms with E-state index in [4.69, 9.17) is 10.5 Å². The molecule has 6 nitrogen and oxygen atoms in total. The largest absolute Gasteiger partial charge is 0.396 e. The molecule has 1 atom stereocenters. The maximum Gasteiger partial charge on any atom is 0.133 e. The van der Waals surface area contributed by atoms with Gasteiger partial charge in [0, 0.05) is 38.5 Å². The molecule has 0 amide bonds. The highest BCUT2D eigenvalue weighted by molar-refractivity contribution is 5.68. The molecular formula is C20H25N5O. The molecule has 2 N–H and O–H groups in total. The quantitative estimate of drug-likeness (QED) is 0.916. The maximum absolute atomic E-state index is 9.53. The van der Waals surface area contributed by atoms with Gasteiger partial charge in [0.2, 0.25) is 0 Å². The fraction of sp³-hybridized carbons (Fsp3) is 0.450.